The van der Waals surface area contributed by atoms with Gasteiger partial charge in [0.1, 0.15) is 5.54 Å². The standard InChI is InChI=1S/C15H30N2O3/c1-5-19-11-10-17(4)13-8-7-9-15(12-13,16-3)14(18)20-6-2/h13,16H,5-12H2,1-4H3. The monoisotopic (exact) mass is 286 g/mol. The lowest BCUT2D eigenvalue weighted by Gasteiger charge is -2.42. The summed E-state index contributed by atoms with van der Waals surface area (Å²) in [4.78, 5) is 14.6. The summed E-state index contributed by atoms with van der Waals surface area (Å²) in [5.41, 5.74) is -0.515. The predicted molar refractivity (Wildman–Crippen MR) is 79.8 cm³/mol. The number of carbonyl (C=O) groups excluding carboxylic acids is 1. The number of nitrogens with zero attached hydrogens (tertiary/aromatic N) is 1. The van der Waals surface area contributed by atoms with Crippen LogP contribution >= 0.6 is 0 Å². The first kappa shape index (κ1) is 17.4. The van der Waals surface area contributed by atoms with Crippen molar-refractivity contribution >= 4 is 5.97 Å². The van der Waals surface area contributed by atoms with Gasteiger partial charge in [0.2, 0.25) is 0 Å². The maximum Gasteiger partial charge on any atom is 0.326 e. The maximum absolute atomic E-state index is 12.3. The highest BCUT2D eigenvalue weighted by molar-refractivity contribution is 5.81. The molecule has 1 rings (SSSR count). The van der Waals surface area contributed by atoms with Gasteiger partial charge in [-0.3, -0.25) is 4.79 Å². The van der Waals surface area contributed by atoms with Gasteiger partial charge in [-0.2, -0.15) is 0 Å². The molecule has 0 spiro atoms. The topological polar surface area (TPSA) is 50.8 Å². The minimum absolute atomic E-state index is 0.106. The molecule has 0 aliphatic heterocycles. The van der Waals surface area contributed by atoms with Crippen molar-refractivity contribution in [2.75, 3.05) is 40.5 Å². The van der Waals surface area contributed by atoms with Crippen molar-refractivity contribution in [2.45, 2.75) is 51.1 Å². The predicted octanol–water partition coefficient (Wildman–Crippen LogP) is 1.42. The van der Waals surface area contributed by atoms with E-state index in [1.54, 1.807) is 0 Å². The van der Waals surface area contributed by atoms with Crippen molar-refractivity contribution in [2.24, 2.45) is 0 Å². The lowest BCUT2D eigenvalue weighted by atomic mass is 9.78. The molecule has 0 heterocycles. The third-order valence-corrected chi connectivity index (χ3v) is 4.29. The summed E-state index contributed by atoms with van der Waals surface area (Å²) in [5.74, 6) is -0.106. The number of ether oxygens (including phenoxy) is 2. The van der Waals surface area contributed by atoms with Crippen molar-refractivity contribution in [3.63, 3.8) is 0 Å². The van der Waals surface area contributed by atoms with Gasteiger partial charge in [-0.25, -0.2) is 0 Å². The minimum Gasteiger partial charge on any atom is -0.465 e. The highest BCUT2D eigenvalue weighted by Gasteiger charge is 2.43. The quantitative estimate of drug-likeness (QED) is 0.540. The van der Waals surface area contributed by atoms with Crippen molar-refractivity contribution < 1.29 is 14.3 Å². The minimum atomic E-state index is -0.515. The SMILES string of the molecule is CCOCCN(C)C1CCCC(NC)(C(=O)OCC)C1. The fourth-order valence-corrected chi connectivity index (χ4v) is 2.94. The molecule has 118 valence electrons. The van der Waals surface area contributed by atoms with E-state index in [0.29, 0.717) is 12.6 Å². The number of esters is 1. The summed E-state index contributed by atoms with van der Waals surface area (Å²) in [6.07, 6.45) is 3.85. The summed E-state index contributed by atoms with van der Waals surface area (Å²) in [6.45, 7) is 6.70. The molecule has 0 radical (unpaired) electrons. The number of likely N-dealkylation sites (N-methyl/N-ethyl adjacent to an activating group) is 2. The average molecular weight is 286 g/mol. The van der Waals surface area contributed by atoms with Crippen LogP contribution in [0.15, 0.2) is 0 Å². The zero-order valence-electron chi connectivity index (χ0n) is 13.4. The van der Waals surface area contributed by atoms with Gasteiger partial charge in [0.15, 0.2) is 0 Å². The molecular formula is C15H30N2O3. The van der Waals surface area contributed by atoms with Crippen LogP contribution in [0.1, 0.15) is 39.5 Å². The number of rotatable bonds is 8. The summed E-state index contributed by atoms with van der Waals surface area (Å²) in [7, 11) is 3.97. The Morgan fingerprint density at radius 1 is 1.40 bits per heavy atom. The van der Waals surface area contributed by atoms with E-state index < -0.39 is 5.54 Å². The summed E-state index contributed by atoms with van der Waals surface area (Å²) < 4.78 is 10.7. The first-order valence-electron chi connectivity index (χ1n) is 7.73. The van der Waals surface area contributed by atoms with E-state index in [2.05, 4.69) is 17.3 Å². The van der Waals surface area contributed by atoms with E-state index in [4.69, 9.17) is 9.47 Å². The molecule has 5 heteroatoms. The average Bonchev–Trinajstić information content (AvgIpc) is 2.47. The smallest absolute Gasteiger partial charge is 0.326 e. The van der Waals surface area contributed by atoms with Gasteiger partial charge in [-0.05, 0) is 53.6 Å². The molecule has 0 aromatic carbocycles. The fraction of sp³-hybridized carbons (Fsp3) is 0.933. The van der Waals surface area contributed by atoms with Crippen LogP contribution in [0, 0.1) is 0 Å². The van der Waals surface area contributed by atoms with Crippen LogP contribution in [0.2, 0.25) is 0 Å². The van der Waals surface area contributed by atoms with Gasteiger partial charge in [-0.1, -0.05) is 0 Å². The Morgan fingerprint density at radius 2 is 2.15 bits per heavy atom. The molecule has 0 aromatic rings. The zero-order valence-corrected chi connectivity index (χ0v) is 13.4. The maximum atomic E-state index is 12.3. The number of nitrogens with one attached hydrogen (secondary N) is 1. The zero-order chi connectivity index (χ0) is 15.0. The molecule has 2 atom stereocenters. The molecule has 1 saturated carbocycles. The molecule has 20 heavy (non-hydrogen) atoms. The second-order valence-corrected chi connectivity index (χ2v) is 5.48. The molecule has 2 unspecified atom stereocenters. The lowest BCUT2D eigenvalue weighted by Crippen LogP contribution is -2.57. The van der Waals surface area contributed by atoms with Gasteiger partial charge in [-0.15, -0.1) is 0 Å². The third kappa shape index (κ3) is 4.43. The van der Waals surface area contributed by atoms with Gasteiger partial charge >= 0.3 is 5.97 Å². The summed E-state index contributed by atoms with van der Waals surface area (Å²) in [5, 5.41) is 3.22. The summed E-state index contributed by atoms with van der Waals surface area (Å²) in [6, 6.07) is 0.404. The third-order valence-electron chi connectivity index (χ3n) is 4.29. The molecule has 1 N–H and O–H groups in total. The van der Waals surface area contributed by atoms with E-state index in [1.807, 2.05) is 20.9 Å². The van der Waals surface area contributed by atoms with E-state index in [-0.39, 0.29) is 5.97 Å². The first-order valence-corrected chi connectivity index (χ1v) is 7.73. The fourth-order valence-electron chi connectivity index (χ4n) is 2.94. The Labute approximate surface area is 123 Å². The van der Waals surface area contributed by atoms with Crippen LogP contribution in [0.4, 0.5) is 0 Å². The largest absolute Gasteiger partial charge is 0.465 e. The normalized spacial score (nSPS) is 26.8. The van der Waals surface area contributed by atoms with E-state index in [0.717, 1.165) is 45.4 Å². The molecule has 0 amide bonds. The molecule has 1 aliphatic carbocycles. The van der Waals surface area contributed by atoms with Crippen LogP contribution in [-0.4, -0.2) is 62.9 Å². The Hall–Kier alpha value is -0.650. The Bertz CT molecular complexity index is 299. The Kier molecular flexibility index (Phi) is 7.48. The molecule has 1 aliphatic rings. The molecule has 5 nitrogen and oxygen atoms in total. The van der Waals surface area contributed by atoms with Crippen molar-refractivity contribution in [3.8, 4) is 0 Å². The second kappa shape index (κ2) is 8.60. The van der Waals surface area contributed by atoms with Crippen LogP contribution < -0.4 is 5.32 Å². The van der Waals surface area contributed by atoms with Crippen LogP contribution in [-0.2, 0) is 14.3 Å². The number of hydrogen-bond acceptors (Lipinski definition) is 5. The Balaban J connectivity index is 2.61. The first-order chi connectivity index (χ1) is 9.59. The highest BCUT2D eigenvalue weighted by Crippen LogP contribution is 2.31. The van der Waals surface area contributed by atoms with Gasteiger partial charge < -0.3 is 19.7 Å². The molecule has 0 aromatic heterocycles. The molecule has 0 bridgehead atoms. The van der Waals surface area contributed by atoms with E-state index in [9.17, 15) is 4.79 Å². The van der Waals surface area contributed by atoms with Crippen LogP contribution in [0.25, 0.3) is 0 Å². The summed E-state index contributed by atoms with van der Waals surface area (Å²) >= 11 is 0. The van der Waals surface area contributed by atoms with Crippen molar-refractivity contribution in [1.29, 1.82) is 0 Å². The van der Waals surface area contributed by atoms with E-state index in [1.165, 1.54) is 0 Å². The van der Waals surface area contributed by atoms with Gasteiger partial charge in [0.05, 0.1) is 13.2 Å². The van der Waals surface area contributed by atoms with Gasteiger partial charge in [0, 0.05) is 19.2 Å². The molecule has 0 saturated heterocycles. The Morgan fingerprint density at radius 3 is 2.75 bits per heavy atom. The van der Waals surface area contributed by atoms with Crippen LogP contribution in [0.3, 0.4) is 0 Å². The van der Waals surface area contributed by atoms with E-state index >= 15 is 0 Å². The van der Waals surface area contributed by atoms with Crippen molar-refractivity contribution in [1.82, 2.24) is 10.2 Å². The van der Waals surface area contributed by atoms with Gasteiger partial charge in [0.25, 0.3) is 0 Å². The number of carbonyl (C=O) groups is 1. The molecular weight excluding hydrogens is 256 g/mol. The lowest BCUT2D eigenvalue weighted by molar-refractivity contribution is -0.153. The number of hydrogen-bond donors (Lipinski definition) is 1. The second-order valence-electron chi connectivity index (χ2n) is 5.48. The molecule has 1 fully saturated rings. The van der Waals surface area contributed by atoms with Crippen molar-refractivity contribution in [3.05, 3.63) is 0 Å². The highest BCUT2D eigenvalue weighted by atomic mass is 16.5. The van der Waals surface area contributed by atoms with Crippen LogP contribution in [0.5, 0.6) is 0 Å².